The molecule has 0 saturated carbocycles. The molecule has 0 amide bonds. The predicted octanol–water partition coefficient (Wildman–Crippen LogP) is 4.05. The largest absolute Gasteiger partial charge is 0.370 e. The van der Waals surface area contributed by atoms with Gasteiger partial charge in [-0.15, -0.1) is 0 Å². The highest BCUT2D eigenvalue weighted by Crippen LogP contribution is 2.23. The first-order valence-electron chi connectivity index (χ1n) is 7.49. The maximum absolute atomic E-state index is 4.65. The second-order valence-electron chi connectivity index (χ2n) is 7.55. The summed E-state index contributed by atoms with van der Waals surface area (Å²) in [5, 5.41) is 6.78. The lowest BCUT2D eigenvalue weighted by molar-refractivity contribution is 0.442. The lowest BCUT2D eigenvalue weighted by Crippen LogP contribution is -2.22. The number of aromatic nitrogens is 2. The van der Waals surface area contributed by atoms with Crippen molar-refractivity contribution in [2.45, 2.75) is 60.3 Å². The molecule has 1 aromatic rings. The first kappa shape index (κ1) is 16.7. The molecule has 0 aliphatic rings. The molecule has 4 nitrogen and oxygen atoms in total. The van der Waals surface area contributed by atoms with Crippen molar-refractivity contribution >= 4 is 11.6 Å². The molecule has 4 heteroatoms. The van der Waals surface area contributed by atoms with Crippen LogP contribution < -0.4 is 10.6 Å². The second-order valence-corrected chi connectivity index (χ2v) is 7.55. The van der Waals surface area contributed by atoms with Gasteiger partial charge < -0.3 is 10.6 Å². The fourth-order valence-corrected chi connectivity index (χ4v) is 1.57. The highest BCUT2D eigenvalue weighted by molar-refractivity contribution is 5.48. The molecular formula is C16H30N4. The van der Waals surface area contributed by atoms with Gasteiger partial charge in [-0.25, -0.2) is 9.97 Å². The molecule has 1 heterocycles. The molecule has 0 atom stereocenters. The lowest BCUT2D eigenvalue weighted by atomic mass is 9.95. The van der Waals surface area contributed by atoms with Crippen LogP contribution >= 0.6 is 0 Å². The minimum Gasteiger partial charge on any atom is -0.370 e. The fraction of sp³-hybridized carbons (Fsp3) is 0.750. The first-order valence-corrected chi connectivity index (χ1v) is 7.49. The van der Waals surface area contributed by atoms with E-state index in [1.165, 1.54) is 0 Å². The molecule has 1 aromatic heterocycles. The summed E-state index contributed by atoms with van der Waals surface area (Å²) in [5.41, 5.74) is 0.173. The standard InChI is InChI=1S/C16H30N4/c1-8-9-17-12-10-13(18-11-15(2,3)4)20-14(19-12)16(5,6)7/h10H,8-9,11H2,1-7H3,(H2,17,18,19,20). The van der Waals surface area contributed by atoms with E-state index in [0.29, 0.717) is 0 Å². The zero-order valence-electron chi connectivity index (χ0n) is 14.1. The highest BCUT2D eigenvalue weighted by atomic mass is 15.1. The zero-order valence-corrected chi connectivity index (χ0v) is 14.1. The van der Waals surface area contributed by atoms with Crippen LogP contribution in [-0.4, -0.2) is 23.1 Å². The van der Waals surface area contributed by atoms with Gasteiger partial charge in [0.1, 0.15) is 17.5 Å². The maximum atomic E-state index is 4.65. The molecule has 0 bridgehead atoms. The van der Waals surface area contributed by atoms with Crippen molar-refractivity contribution in [1.29, 1.82) is 0 Å². The molecule has 20 heavy (non-hydrogen) atoms. The minimum absolute atomic E-state index is 0.0535. The van der Waals surface area contributed by atoms with Gasteiger partial charge in [-0.1, -0.05) is 48.5 Å². The molecule has 2 N–H and O–H groups in total. The highest BCUT2D eigenvalue weighted by Gasteiger charge is 2.19. The normalized spacial score (nSPS) is 12.3. The van der Waals surface area contributed by atoms with Gasteiger partial charge >= 0.3 is 0 Å². The first-order chi connectivity index (χ1) is 9.12. The van der Waals surface area contributed by atoms with Gasteiger partial charge in [0.05, 0.1) is 0 Å². The molecule has 1 rings (SSSR count). The van der Waals surface area contributed by atoms with Gasteiger partial charge in [0.25, 0.3) is 0 Å². The fourth-order valence-electron chi connectivity index (χ4n) is 1.57. The summed E-state index contributed by atoms with van der Waals surface area (Å²) in [5.74, 6) is 2.68. The van der Waals surface area contributed by atoms with Crippen LogP contribution in [0.25, 0.3) is 0 Å². The SMILES string of the molecule is CCCNc1cc(NCC(C)(C)C)nc(C(C)(C)C)n1. The summed E-state index contributed by atoms with van der Waals surface area (Å²) in [6.07, 6.45) is 1.08. The number of rotatable bonds is 5. The van der Waals surface area contributed by atoms with E-state index in [9.17, 15) is 0 Å². The van der Waals surface area contributed by atoms with Gasteiger partial charge in [0.15, 0.2) is 0 Å². The smallest absolute Gasteiger partial charge is 0.138 e. The molecule has 0 aliphatic carbocycles. The zero-order chi connectivity index (χ0) is 15.4. The third-order valence-electron chi connectivity index (χ3n) is 2.75. The third kappa shape index (κ3) is 5.76. The van der Waals surface area contributed by atoms with Crippen molar-refractivity contribution in [3.63, 3.8) is 0 Å². The maximum Gasteiger partial charge on any atom is 0.138 e. The van der Waals surface area contributed by atoms with E-state index >= 15 is 0 Å². The van der Waals surface area contributed by atoms with Gasteiger partial charge in [0, 0.05) is 24.6 Å². The summed E-state index contributed by atoms with van der Waals surface area (Å²) < 4.78 is 0. The van der Waals surface area contributed by atoms with Crippen LogP contribution in [0.2, 0.25) is 0 Å². The van der Waals surface area contributed by atoms with Crippen LogP contribution in [0.1, 0.15) is 60.7 Å². The Balaban J connectivity index is 2.97. The van der Waals surface area contributed by atoms with Gasteiger partial charge in [-0.05, 0) is 11.8 Å². The van der Waals surface area contributed by atoms with E-state index < -0.39 is 0 Å². The Bertz CT molecular complexity index is 427. The van der Waals surface area contributed by atoms with E-state index in [0.717, 1.165) is 37.0 Å². The third-order valence-corrected chi connectivity index (χ3v) is 2.75. The molecule has 0 unspecified atom stereocenters. The van der Waals surface area contributed by atoms with Crippen molar-refractivity contribution in [3.8, 4) is 0 Å². The average Bonchev–Trinajstić information content (AvgIpc) is 2.32. The van der Waals surface area contributed by atoms with Crippen LogP contribution in [0.15, 0.2) is 6.07 Å². The molecule has 0 aliphatic heterocycles. The Morgan fingerprint density at radius 1 is 0.950 bits per heavy atom. The van der Waals surface area contributed by atoms with Gasteiger partial charge in [-0.3, -0.25) is 0 Å². The van der Waals surface area contributed by atoms with E-state index in [4.69, 9.17) is 0 Å². The number of nitrogens with zero attached hydrogens (tertiary/aromatic N) is 2. The lowest BCUT2D eigenvalue weighted by Gasteiger charge is -2.22. The Morgan fingerprint density at radius 3 is 1.95 bits per heavy atom. The Hall–Kier alpha value is -1.32. The monoisotopic (exact) mass is 278 g/mol. The van der Waals surface area contributed by atoms with Gasteiger partial charge in [-0.2, -0.15) is 0 Å². The van der Waals surface area contributed by atoms with Gasteiger partial charge in [0.2, 0.25) is 0 Å². The topological polar surface area (TPSA) is 49.8 Å². The number of anilines is 2. The molecule has 0 saturated heterocycles. The van der Waals surface area contributed by atoms with Crippen molar-refractivity contribution < 1.29 is 0 Å². The van der Waals surface area contributed by atoms with Crippen LogP contribution in [0.4, 0.5) is 11.6 Å². The molecule has 114 valence electrons. The predicted molar refractivity (Wildman–Crippen MR) is 87.5 cm³/mol. The van der Waals surface area contributed by atoms with Crippen molar-refractivity contribution in [2.75, 3.05) is 23.7 Å². The molecule has 0 aromatic carbocycles. The Morgan fingerprint density at radius 2 is 1.50 bits per heavy atom. The molecule has 0 spiro atoms. The van der Waals surface area contributed by atoms with Crippen molar-refractivity contribution in [3.05, 3.63) is 11.9 Å². The number of nitrogens with one attached hydrogen (secondary N) is 2. The molecule has 0 fully saturated rings. The summed E-state index contributed by atoms with van der Waals surface area (Å²) in [6.45, 7) is 17.0. The number of hydrogen-bond donors (Lipinski definition) is 2. The molecule has 0 radical (unpaired) electrons. The van der Waals surface area contributed by atoms with Crippen LogP contribution in [-0.2, 0) is 5.41 Å². The summed E-state index contributed by atoms with van der Waals surface area (Å²) in [7, 11) is 0. The minimum atomic E-state index is -0.0535. The average molecular weight is 278 g/mol. The number of hydrogen-bond acceptors (Lipinski definition) is 4. The van der Waals surface area contributed by atoms with Crippen LogP contribution in [0.5, 0.6) is 0 Å². The summed E-state index contributed by atoms with van der Waals surface area (Å²) in [4.78, 5) is 9.28. The summed E-state index contributed by atoms with van der Waals surface area (Å²) in [6, 6.07) is 2.00. The van der Waals surface area contributed by atoms with Crippen molar-refractivity contribution in [2.24, 2.45) is 5.41 Å². The van der Waals surface area contributed by atoms with Crippen LogP contribution in [0, 0.1) is 5.41 Å². The van der Waals surface area contributed by atoms with E-state index in [1.54, 1.807) is 0 Å². The Kier molecular flexibility index (Phi) is 5.37. The quantitative estimate of drug-likeness (QED) is 0.853. The molecular weight excluding hydrogens is 248 g/mol. The summed E-state index contributed by atoms with van der Waals surface area (Å²) >= 11 is 0. The Labute approximate surface area is 123 Å². The van der Waals surface area contributed by atoms with Crippen molar-refractivity contribution in [1.82, 2.24) is 9.97 Å². The van der Waals surface area contributed by atoms with E-state index in [-0.39, 0.29) is 10.8 Å². The van der Waals surface area contributed by atoms with E-state index in [2.05, 4.69) is 69.1 Å². The van der Waals surface area contributed by atoms with E-state index in [1.807, 2.05) is 6.07 Å². The second kappa shape index (κ2) is 6.42. The van der Waals surface area contributed by atoms with Crippen LogP contribution in [0.3, 0.4) is 0 Å².